The fraction of sp³-hybridized carbons (Fsp3) is 0.562. The smallest absolute Gasteiger partial charge is 0.209 e. The van der Waals surface area contributed by atoms with Crippen LogP contribution in [0.5, 0.6) is 0 Å². The number of nitrogens with one attached hydrogen (secondary N) is 1. The van der Waals surface area contributed by atoms with Gasteiger partial charge in [0.1, 0.15) is 0 Å². The van der Waals surface area contributed by atoms with Gasteiger partial charge in [-0.15, -0.1) is 0 Å². The Labute approximate surface area is 120 Å². The molecule has 2 aliphatic heterocycles. The minimum absolute atomic E-state index is 0.873. The number of amides is 1. The van der Waals surface area contributed by atoms with E-state index in [9.17, 15) is 4.79 Å². The van der Waals surface area contributed by atoms with E-state index in [0.29, 0.717) is 0 Å². The lowest BCUT2D eigenvalue weighted by atomic mass is 9.99. The lowest BCUT2D eigenvalue weighted by molar-refractivity contribution is -0.119. The topological polar surface area (TPSA) is 35.6 Å². The molecule has 0 aliphatic carbocycles. The van der Waals surface area contributed by atoms with Gasteiger partial charge in [0.2, 0.25) is 6.41 Å². The number of rotatable bonds is 4. The van der Waals surface area contributed by atoms with Crippen LogP contribution in [-0.2, 0) is 17.6 Å². The van der Waals surface area contributed by atoms with Gasteiger partial charge in [0, 0.05) is 45.0 Å². The summed E-state index contributed by atoms with van der Waals surface area (Å²) in [5.41, 5.74) is 4.23. The quantitative estimate of drug-likeness (QED) is 0.842. The molecule has 0 bridgehead atoms. The monoisotopic (exact) mass is 273 g/mol. The first kappa shape index (κ1) is 13.4. The third-order valence-corrected chi connectivity index (χ3v) is 4.38. The van der Waals surface area contributed by atoms with Crippen LogP contribution < -0.4 is 5.32 Å². The van der Waals surface area contributed by atoms with Gasteiger partial charge in [-0.05, 0) is 36.5 Å². The van der Waals surface area contributed by atoms with Gasteiger partial charge in [0.25, 0.3) is 0 Å². The van der Waals surface area contributed by atoms with E-state index in [1.165, 1.54) is 29.7 Å². The number of aryl methyl sites for hydroxylation is 1. The standard InChI is InChI=1S/C16H23N3O/c20-13-19-10-8-18(9-11-19)7-5-14-3-4-16-15(12-14)2-1-6-17-16/h3-4,12-13,17H,1-2,5-11H2. The second kappa shape index (κ2) is 6.27. The second-order valence-corrected chi connectivity index (χ2v) is 5.75. The number of piperazine rings is 1. The van der Waals surface area contributed by atoms with Crippen LogP contribution in [0.15, 0.2) is 18.2 Å². The highest BCUT2D eigenvalue weighted by Gasteiger charge is 2.15. The molecule has 0 radical (unpaired) electrons. The minimum atomic E-state index is 0.873. The van der Waals surface area contributed by atoms with Crippen molar-refractivity contribution < 1.29 is 4.79 Å². The molecule has 1 aromatic rings. The molecule has 4 heteroatoms. The van der Waals surface area contributed by atoms with Crippen LogP contribution in [0.3, 0.4) is 0 Å². The molecule has 2 heterocycles. The lowest BCUT2D eigenvalue weighted by Gasteiger charge is -2.32. The molecule has 3 rings (SSSR count). The van der Waals surface area contributed by atoms with E-state index in [0.717, 1.165) is 52.1 Å². The zero-order valence-electron chi connectivity index (χ0n) is 12.0. The summed E-state index contributed by atoms with van der Waals surface area (Å²) in [5.74, 6) is 0. The highest BCUT2D eigenvalue weighted by Crippen LogP contribution is 2.23. The van der Waals surface area contributed by atoms with Crippen molar-refractivity contribution in [3.05, 3.63) is 29.3 Å². The van der Waals surface area contributed by atoms with Crippen LogP contribution in [0.1, 0.15) is 17.5 Å². The Hall–Kier alpha value is -1.55. The SMILES string of the molecule is O=CN1CCN(CCc2ccc3c(c2)CCCN3)CC1. The van der Waals surface area contributed by atoms with Gasteiger partial charge in [0.15, 0.2) is 0 Å². The normalized spacial score (nSPS) is 19.3. The number of nitrogens with zero attached hydrogens (tertiary/aromatic N) is 2. The third-order valence-electron chi connectivity index (χ3n) is 4.38. The van der Waals surface area contributed by atoms with Crippen molar-refractivity contribution in [3.63, 3.8) is 0 Å². The van der Waals surface area contributed by atoms with Crippen LogP contribution in [0.25, 0.3) is 0 Å². The van der Waals surface area contributed by atoms with Crippen LogP contribution in [0.2, 0.25) is 0 Å². The molecular weight excluding hydrogens is 250 g/mol. The highest BCUT2D eigenvalue weighted by atomic mass is 16.1. The average molecular weight is 273 g/mol. The number of hydrogen-bond acceptors (Lipinski definition) is 3. The molecule has 1 fully saturated rings. The molecule has 1 saturated heterocycles. The zero-order chi connectivity index (χ0) is 13.8. The maximum Gasteiger partial charge on any atom is 0.209 e. The first-order valence-electron chi connectivity index (χ1n) is 7.62. The van der Waals surface area contributed by atoms with Gasteiger partial charge >= 0.3 is 0 Å². The summed E-state index contributed by atoms with van der Waals surface area (Å²) < 4.78 is 0. The lowest BCUT2D eigenvalue weighted by Crippen LogP contribution is -2.46. The van der Waals surface area contributed by atoms with Crippen molar-refractivity contribution in [2.75, 3.05) is 44.6 Å². The molecule has 0 saturated carbocycles. The first-order valence-corrected chi connectivity index (χ1v) is 7.62. The second-order valence-electron chi connectivity index (χ2n) is 5.75. The molecule has 0 atom stereocenters. The fourth-order valence-electron chi connectivity index (χ4n) is 3.06. The van der Waals surface area contributed by atoms with E-state index in [4.69, 9.17) is 0 Å². The molecular formula is C16H23N3O. The molecule has 0 aromatic heterocycles. The number of hydrogen-bond donors (Lipinski definition) is 1. The summed E-state index contributed by atoms with van der Waals surface area (Å²) in [6.45, 7) is 5.96. The summed E-state index contributed by atoms with van der Waals surface area (Å²) in [7, 11) is 0. The average Bonchev–Trinajstić information content (AvgIpc) is 2.53. The van der Waals surface area contributed by atoms with Gasteiger partial charge in [-0.1, -0.05) is 12.1 Å². The predicted octanol–water partition coefficient (Wildman–Crippen LogP) is 1.36. The number of fused-ring (bicyclic) bond motifs is 1. The van der Waals surface area contributed by atoms with Crippen molar-refractivity contribution in [3.8, 4) is 0 Å². The molecule has 108 valence electrons. The van der Waals surface area contributed by atoms with Crippen LogP contribution >= 0.6 is 0 Å². The van der Waals surface area contributed by atoms with E-state index in [-0.39, 0.29) is 0 Å². The summed E-state index contributed by atoms with van der Waals surface area (Å²) in [6, 6.07) is 6.84. The maximum atomic E-state index is 10.7. The predicted molar refractivity (Wildman–Crippen MR) is 81.0 cm³/mol. The Morgan fingerprint density at radius 3 is 2.85 bits per heavy atom. The van der Waals surface area contributed by atoms with Crippen molar-refractivity contribution in [2.24, 2.45) is 0 Å². The molecule has 20 heavy (non-hydrogen) atoms. The first-order chi connectivity index (χ1) is 9.85. The van der Waals surface area contributed by atoms with Crippen molar-refractivity contribution in [1.29, 1.82) is 0 Å². The number of carbonyl (C=O) groups is 1. The zero-order valence-corrected chi connectivity index (χ0v) is 12.0. The van der Waals surface area contributed by atoms with Crippen LogP contribution in [0, 0.1) is 0 Å². The van der Waals surface area contributed by atoms with Crippen LogP contribution in [0.4, 0.5) is 5.69 Å². The largest absolute Gasteiger partial charge is 0.385 e. The number of carbonyl (C=O) groups excluding carboxylic acids is 1. The Morgan fingerprint density at radius 1 is 1.20 bits per heavy atom. The van der Waals surface area contributed by atoms with Gasteiger partial charge in [0.05, 0.1) is 0 Å². The minimum Gasteiger partial charge on any atom is -0.385 e. The van der Waals surface area contributed by atoms with Crippen molar-refractivity contribution in [2.45, 2.75) is 19.3 Å². The Kier molecular flexibility index (Phi) is 4.21. The Morgan fingerprint density at radius 2 is 2.05 bits per heavy atom. The molecule has 0 spiro atoms. The highest BCUT2D eigenvalue weighted by molar-refractivity contribution is 5.54. The van der Waals surface area contributed by atoms with Gasteiger partial charge in [-0.3, -0.25) is 9.69 Å². The van der Waals surface area contributed by atoms with E-state index in [1.54, 1.807) is 0 Å². The van der Waals surface area contributed by atoms with Gasteiger partial charge in [-0.2, -0.15) is 0 Å². The van der Waals surface area contributed by atoms with E-state index in [1.807, 2.05) is 4.90 Å². The molecule has 1 amide bonds. The van der Waals surface area contributed by atoms with E-state index >= 15 is 0 Å². The number of benzene rings is 1. The molecule has 1 aromatic carbocycles. The maximum absolute atomic E-state index is 10.7. The van der Waals surface area contributed by atoms with Gasteiger partial charge < -0.3 is 10.2 Å². The Bertz CT molecular complexity index is 467. The summed E-state index contributed by atoms with van der Waals surface area (Å²) >= 11 is 0. The number of anilines is 1. The molecule has 0 unspecified atom stereocenters. The fourth-order valence-corrected chi connectivity index (χ4v) is 3.06. The van der Waals surface area contributed by atoms with Crippen molar-refractivity contribution in [1.82, 2.24) is 9.80 Å². The molecule has 1 N–H and O–H groups in total. The molecule has 2 aliphatic rings. The van der Waals surface area contributed by atoms with E-state index in [2.05, 4.69) is 28.4 Å². The third kappa shape index (κ3) is 3.12. The Balaban J connectivity index is 1.52. The van der Waals surface area contributed by atoms with Gasteiger partial charge in [-0.25, -0.2) is 0 Å². The van der Waals surface area contributed by atoms with Crippen LogP contribution in [-0.4, -0.2) is 55.5 Å². The summed E-state index contributed by atoms with van der Waals surface area (Å²) in [4.78, 5) is 15.0. The van der Waals surface area contributed by atoms with E-state index < -0.39 is 0 Å². The summed E-state index contributed by atoms with van der Waals surface area (Å²) in [6.07, 6.45) is 4.51. The van der Waals surface area contributed by atoms with Crippen molar-refractivity contribution >= 4 is 12.1 Å². The summed E-state index contributed by atoms with van der Waals surface area (Å²) in [5, 5.41) is 3.46. The molecule has 4 nitrogen and oxygen atoms in total.